The number of nitrogens with one attached hydrogen (secondary N) is 2. The normalized spacial score (nSPS) is 11.8. The molecule has 0 aliphatic rings. The van der Waals surface area contributed by atoms with Crippen LogP contribution in [0.15, 0.2) is 42.5 Å². The van der Waals surface area contributed by atoms with E-state index in [0.29, 0.717) is 31.7 Å². The van der Waals surface area contributed by atoms with Crippen molar-refractivity contribution in [2.24, 2.45) is 5.73 Å². The lowest BCUT2D eigenvalue weighted by atomic mass is 10.1. The number of rotatable bonds is 13. The van der Waals surface area contributed by atoms with Crippen molar-refractivity contribution in [3.8, 4) is 11.5 Å². The van der Waals surface area contributed by atoms with Crippen molar-refractivity contribution < 1.29 is 19.7 Å². The topological polar surface area (TPSA) is 117 Å². The molecule has 7 nitrogen and oxygen atoms in total. The van der Waals surface area contributed by atoms with Crippen molar-refractivity contribution in [2.45, 2.75) is 25.4 Å². The van der Waals surface area contributed by atoms with Crippen molar-refractivity contribution in [3.63, 3.8) is 0 Å². The summed E-state index contributed by atoms with van der Waals surface area (Å²) in [4.78, 5) is 10.5. The van der Waals surface area contributed by atoms with E-state index in [4.69, 9.17) is 10.5 Å². The molecule has 0 saturated heterocycles. The highest BCUT2D eigenvalue weighted by Crippen LogP contribution is 2.26. The third-order valence-electron chi connectivity index (χ3n) is 4.35. The zero-order valence-corrected chi connectivity index (χ0v) is 15.9. The van der Waals surface area contributed by atoms with Gasteiger partial charge in [-0.25, -0.2) is 0 Å². The standard InChI is InChI=1S/C21H29N3O4/c22-10-2-1-3-16-4-7-18(8-5-16)28-12-11-23-14-21(27)17-6-9-20(26)19(13-17)24-15-25/h4-9,13,15,21,23,26-27H,1-3,10-12,14,22H2,(H,24,25). The first-order valence-electron chi connectivity index (χ1n) is 9.47. The average Bonchev–Trinajstić information content (AvgIpc) is 2.70. The van der Waals surface area contributed by atoms with Gasteiger partial charge in [0, 0.05) is 13.1 Å². The van der Waals surface area contributed by atoms with Gasteiger partial charge >= 0.3 is 0 Å². The van der Waals surface area contributed by atoms with Crippen LogP contribution < -0.4 is 21.1 Å². The second-order valence-electron chi connectivity index (χ2n) is 6.50. The average molecular weight is 387 g/mol. The first kappa shape index (κ1) is 21.7. The van der Waals surface area contributed by atoms with Crippen molar-refractivity contribution in [2.75, 3.05) is 31.6 Å². The molecule has 6 N–H and O–H groups in total. The zero-order chi connectivity index (χ0) is 20.2. The van der Waals surface area contributed by atoms with E-state index in [-0.39, 0.29) is 11.4 Å². The Morgan fingerprint density at radius 3 is 2.64 bits per heavy atom. The molecule has 0 aliphatic heterocycles. The van der Waals surface area contributed by atoms with Gasteiger partial charge in [-0.05, 0) is 61.2 Å². The van der Waals surface area contributed by atoms with Gasteiger partial charge in [-0.3, -0.25) is 4.79 Å². The van der Waals surface area contributed by atoms with E-state index in [9.17, 15) is 15.0 Å². The van der Waals surface area contributed by atoms with Crippen molar-refractivity contribution in [1.82, 2.24) is 5.32 Å². The second kappa shape index (κ2) is 12.0. The SMILES string of the molecule is NCCCCc1ccc(OCCNCC(O)c2ccc(O)c(NC=O)c2)cc1. The van der Waals surface area contributed by atoms with E-state index in [1.54, 1.807) is 12.1 Å². The molecule has 0 fully saturated rings. The number of ether oxygens (including phenoxy) is 1. The Labute approximate surface area is 165 Å². The van der Waals surface area contributed by atoms with Crippen LogP contribution >= 0.6 is 0 Å². The molecule has 0 radical (unpaired) electrons. The fourth-order valence-corrected chi connectivity index (χ4v) is 2.76. The van der Waals surface area contributed by atoms with E-state index < -0.39 is 6.10 Å². The number of aromatic hydroxyl groups is 1. The molecule has 0 bridgehead atoms. The van der Waals surface area contributed by atoms with Gasteiger partial charge in [-0.1, -0.05) is 18.2 Å². The molecular formula is C21H29N3O4. The van der Waals surface area contributed by atoms with Gasteiger partial charge in [0.15, 0.2) is 0 Å². The molecule has 1 unspecified atom stereocenters. The van der Waals surface area contributed by atoms with E-state index in [0.717, 1.165) is 31.6 Å². The molecule has 1 atom stereocenters. The minimum atomic E-state index is -0.763. The lowest BCUT2D eigenvalue weighted by molar-refractivity contribution is -0.105. The third-order valence-corrected chi connectivity index (χ3v) is 4.35. The maximum atomic E-state index is 10.5. The number of benzene rings is 2. The lowest BCUT2D eigenvalue weighted by Gasteiger charge is -2.14. The number of aliphatic hydroxyl groups is 1. The highest BCUT2D eigenvalue weighted by atomic mass is 16.5. The molecule has 2 aromatic rings. The number of carbonyl (C=O) groups excluding carboxylic acids is 1. The van der Waals surface area contributed by atoms with Crippen LogP contribution in [0.25, 0.3) is 0 Å². The van der Waals surface area contributed by atoms with Crippen LogP contribution in [-0.2, 0) is 11.2 Å². The van der Waals surface area contributed by atoms with Crippen molar-refractivity contribution in [1.29, 1.82) is 0 Å². The van der Waals surface area contributed by atoms with Crippen LogP contribution in [0.3, 0.4) is 0 Å². The Morgan fingerprint density at radius 1 is 1.14 bits per heavy atom. The molecule has 0 heterocycles. The van der Waals surface area contributed by atoms with Gasteiger partial charge < -0.3 is 31.3 Å². The number of phenols is 1. The van der Waals surface area contributed by atoms with Gasteiger partial charge in [0.05, 0.1) is 11.8 Å². The summed E-state index contributed by atoms with van der Waals surface area (Å²) < 4.78 is 5.69. The summed E-state index contributed by atoms with van der Waals surface area (Å²) in [6, 6.07) is 12.7. The fourth-order valence-electron chi connectivity index (χ4n) is 2.76. The van der Waals surface area contributed by atoms with Gasteiger partial charge in [0.1, 0.15) is 18.1 Å². The van der Waals surface area contributed by atoms with E-state index in [1.807, 2.05) is 12.1 Å². The largest absolute Gasteiger partial charge is 0.506 e. The molecule has 28 heavy (non-hydrogen) atoms. The van der Waals surface area contributed by atoms with E-state index in [2.05, 4.69) is 22.8 Å². The molecule has 2 rings (SSSR count). The monoisotopic (exact) mass is 387 g/mol. The first-order valence-corrected chi connectivity index (χ1v) is 9.47. The molecule has 7 heteroatoms. The van der Waals surface area contributed by atoms with Gasteiger partial charge in [0.25, 0.3) is 0 Å². The summed E-state index contributed by atoms with van der Waals surface area (Å²) >= 11 is 0. The molecule has 0 aliphatic carbocycles. The maximum Gasteiger partial charge on any atom is 0.211 e. The van der Waals surface area contributed by atoms with Gasteiger partial charge in [-0.2, -0.15) is 0 Å². The summed E-state index contributed by atoms with van der Waals surface area (Å²) in [6.45, 7) is 2.11. The smallest absolute Gasteiger partial charge is 0.211 e. The minimum absolute atomic E-state index is 0.0465. The Kier molecular flexibility index (Phi) is 9.27. The predicted molar refractivity (Wildman–Crippen MR) is 110 cm³/mol. The second-order valence-corrected chi connectivity index (χ2v) is 6.50. The number of anilines is 1. The molecule has 0 spiro atoms. The maximum absolute atomic E-state index is 10.5. The van der Waals surface area contributed by atoms with Crippen LogP contribution in [0.4, 0.5) is 5.69 Å². The number of hydrogen-bond donors (Lipinski definition) is 5. The van der Waals surface area contributed by atoms with Crippen molar-refractivity contribution in [3.05, 3.63) is 53.6 Å². The Hall–Kier alpha value is -2.61. The van der Waals surface area contributed by atoms with Crippen LogP contribution in [0.2, 0.25) is 0 Å². The fraction of sp³-hybridized carbons (Fsp3) is 0.381. The van der Waals surface area contributed by atoms with E-state index >= 15 is 0 Å². The Bertz CT molecular complexity index is 722. The molecule has 0 saturated carbocycles. The highest BCUT2D eigenvalue weighted by Gasteiger charge is 2.10. The summed E-state index contributed by atoms with van der Waals surface area (Å²) in [7, 11) is 0. The molecule has 1 amide bonds. The summed E-state index contributed by atoms with van der Waals surface area (Å²) in [6.07, 6.45) is 2.87. The highest BCUT2D eigenvalue weighted by molar-refractivity contribution is 5.75. The van der Waals surface area contributed by atoms with Crippen LogP contribution in [0.5, 0.6) is 11.5 Å². The number of aryl methyl sites for hydroxylation is 1. The molecule has 152 valence electrons. The van der Waals surface area contributed by atoms with Gasteiger partial charge in [-0.15, -0.1) is 0 Å². The number of amides is 1. The number of phenolic OH excluding ortho intramolecular Hbond substituents is 1. The summed E-state index contributed by atoms with van der Waals surface area (Å²) in [5.74, 6) is 0.767. The predicted octanol–water partition coefficient (Wildman–Crippen LogP) is 1.94. The molecule has 0 aromatic heterocycles. The Morgan fingerprint density at radius 2 is 1.93 bits per heavy atom. The Balaban J connectivity index is 1.68. The number of carbonyl (C=O) groups is 1. The zero-order valence-electron chi connectivity index (χ0n) is 15.9. The number of unbranched alkanes of at least 4 members (excludes halogenated alkanes) is 1. The third kappa shape index (κ3) is 7.19. The number of aliphatic hydroxyl groups excluding tert-OH is 1. The van der Waals surface area contributed by atoms with Crippen molar-refractivity contribution >= 4 is 12.1 Å². The minimum Gasteiger partial charge on any atom is -0.506 e. The molecule has 2 aromatic carbocycles. The summed E-state index contributed by atoms with van der Waals surface area (Å²) in [5.41, 5.74) is 7.65. The molecular weight excluding hydrogens is 358 g/mol. The number of nitrogens with two attached hydrogens (primary N) is 1. The van der Waals surface area contributed by atoms with E-state index in [1.165, 1.54) is 11.6 Å². The van der Waals surface area contributed by atoms with Crippen LogP contribution in [0.1, 0.15) is 30.1 Å². The number of hydrogen-bond acceptors (Lipinski definition) is 6. The van der Waals surface area contributed by atoms with Gasteiger partial charge in [0.2, 0.25) is 6.41 Å². The quantitative estimate of drug-likeness (QED) is 0.204. The van der Waals surface area contributed by atoms with Crippen LogP contribution in [-0.4, -0.2) is 42.9 Å². The van der Waals surface area contributed by atoms with Crippen LogP contribution in [0, 0.1) is 0 Å². The summed E-state index contributed by atoms with van der Waals surface area (Å²) in [5, 5.41) is 25.4. The first-order chi connectivity index (χ1) is 13.6. The lowest BCUT2D eigenvalue weighted by Crippen LogP contribution is -2.26.